The maximum atomic E-state index is 10.9. The molecule has 0 saturated heterocycles. The number of nitrogens with one attached hydrogen (secondary N) is 1. The van der Waals surface area contributed by atoms with Gasteiger partial charge in [-0.2, -0.15) is 0 Å². The first-order valence-corrected chi connectivity index (χ1v) is 7.56. The highest BCUT2D eigenvalue weighted by atomic mass is 79.9. The van der Waals surface area contributed by atoms with Crippen molar-refractivity contribution in [1.82, 2.24) is 0 Å². The summed E-state index contributed by atoms with van der Waals surface area (Å²) >= 11 is 3.49. The molecule has 3 nitrogen and oxygen atoms in total. The van der Waals surface area contributed by atoms with Gasteiger partial charge in [-0.1, -0.05) is 40.2 Å². The van der Waals surface area contributed by atoms with Crippen LogP contribution in [-0.2, 0) is 17.8 Å². The van der Waals surface area contributed by atoms with Crippen molar-refractivity contribution >= 4 is 27.6 Å². The van der Waals surface area contributed by atoms with Gasteiger partial charge >= 0.3 is 5.97 Å². The molecule has 2 aromatic rings. The topological polar surface area (TPSA) is 49.3 Å². The maximum Gasteiger partial charge on any atom is 0.307 e. The van der Waals surface area contributed by atoms with Crippen LogP contribution in [0.3, 0.4) is 0 Å². The number of hydrogen-bond acceptors (Lipinski definition) is 2. The average molecular weight is 348 g/mol. The predicted molar refractivity (Wildman–Crippen MR) is 88.7 cm³/mol. The van der Waals surface area contributed by atoms with Crippen LogP contribution in [-0.4, -0.2) is 11.1 Å². The highest BCUT2D eigenvalue weighted by Crippen LogP contribution is 2.26. The van der Waals surface area contributed by atoms with Gasteiger partial charge in [0.15, 0.2) is 0 Å². The largest absolute Gasteiger partial charge is 0.481 e. The molecule has 0 unspecified atom stereocenters. The van der Waals surface area contributed by atoms with Crippen LogP contribution in [0, 0.1) is 13.8 Å². The van der Waals surface area contributed by atoms with Crippen molar-refractivity contribution < 1.29 is 9.90 Å². The molecular weight excluding hydrogens is 330 g/mol. The summed E-state index contributed by atoms with van der Waals surface area (Å²) in [5.41, 5.74) is 5.30. The second-order valence-electron chi connectivity index (χ2n) is 5.11. The Kier molecular flexibility index (Phi) is 5.02. The second-order valence-corrected chi connectivity index (χ2v) is 6.02. The third-order valence-electron chi connectivity index (χ3n) is 3.41. The summed E-state index contributed by atoms with van der Waals surface area (Å²) in [5.74, 6) is -0.807. The molecule has 0 fully saturated rings. The van der Waals surface area contributed by atoms with Crippen molar-refractivity contribution in [2.75, 3.05) is 5.32 Å². The Balaban J connectivity index is 2.19. The Morgan fingerprint density at radius 1 is 1.14 bits per heavy atom. The Hall–Kier alpha value is -1.81. The van der Waals surface area contributed by atoms with E-state index in [4.69, 9.17) is 5.11 Å². The molecule has 0 saturated carbocycles. The van der Waals surface area contributed by atoms with Crippen molar-refractivity contribution in [2.45, 2.75) is 26.8 Å². The fourth-order valence-electron chi connectivity index (χ4n) is 2.44. The van der Waals surface area contributed by atoms with Crippen LogP contribution in [0.2, 0.25) is 0 Å². The molecule has 0 heterocycles. The van der Waals surface area contributed by atoms with Crippen molar-refractivity contribution in [1.29, 1.82) is 0 Å². The summed E-state index contributed by atoms with van der Waals surface area (Å²) in [5, 5.41) is 12.4. The first-order valence-electron chi connectivity index (χ1n) is 6.76. The first-order chi connectivity index (χ1) is 9.97. The van der Waals surface area contributed by atoms with Gasteiger partial charge in [0.25, 0.3) is 0 Å². The molecule has 0 spiro atoms. The van der Waals surface area contributed by atoms with Crippen LogP contribution in [0.1, 0.15) is 22.3 Å². The number of anilines is 1. The van der Waals surface area contributed by atoms with E-state index in [-0.39, 0.29) is 6.42 Å². The SMILES string of the molecule is Cc1cc(Br)cc(C)c1NCc1ccccc1CC(=O)O. The molecule has 0 aromatic heterocycles. The van der Waals surface area contributed by atoms with Gasteiger partial charge in [-0.25, -0.2) is 0 Å². The molecule has 0 amide bonds. The van der Waals surface area contributed by atoms with E-state index in [1.54, 1.807) is 0 Å². The monoisotopic (exact) mass is 347 g/mol. The lowest BCUT2D eigenvalue weighted by Crippen LogP contribution is -2.08. The predicted octanol–water partition coefficient (Wildman–Crippen LogP) is 4.31. The summed E-state index contributed by atoms with van der Waals surface area (Å²) in [6.45, 7) is 4.74. The van der Waals surface area contributed by atoms with Crippen LogP contribution < -0.4 is 5.32 Å². The van der Waals surface area contributed by atoms with Crippen LogP contribution in [0.4, 0.5) is 5.69 Å². The normalized spacial score (nSPS) is 10.4. The van der Waals surface area contributed by atoms with E-state index in [1.165, 1.54) is 0 Å². The van der Waals surface area contributed by atoms with Crippen LogP contribution in [0.5, 0.6) is 0 Å². The molecule has 2 aromatic carbocycles. The van der Waals surface area contributed by atoms with E-state index in [2.05, 4.69) is 47.2 Å². The summed E-state index contributed by atoms with van der Waals surface area (Å²) in [6.07, 6.45) is 0.0517. The summed E-state index contributed by atoms with van der Waals surface area (Å²) in [4.78, 5) is 10.9. The van der Waals surface area contributed by atoms with Crippen LogP contribution in [0.25, 0.3) is 0 Å². The summed E-state index contributed by atoms with van der Waals surface area (Å²) in [6, 6.07) is 11.8. The van der Waals surface area contributed by atoms with E-state index in [0.717, 1.165) is 32.4 Å². The van der Waals surface area contributed by atoms with Gasteiger partial charge in [0.05, 0.1) is 6.42 Å². The van der Waals surface area contributed by atoms with Crippen molar-refractivity contribution in [3.63, 3.8) is 0 Å². The number of rotatable bonds is 5. The molecule has 0 aliphatic heterocycles. The minimum Gasteiger partial charge on any atom is -0.481 e. The van der Waals surface area contributed by atoms with E-state index in [9.17, 15) is 4.79 Å². The zero-order valence-electron chi connectivity index (χ0n) is 12.1. The number of carbonyl (C=O) groups is 1. The molecule has 4 heteroatoms. The third kappa shape index (κ3) is 4.08. The number of aliphatic carboxylic acids is 1. The molecular formula is C17H18BrNO2. The zero-order chi connectivity index (χ0) is 15.4. The van der Waals surface area contributed by atoms with E-state index in [0.29, 0.717) is 6.54 Å². The lowest BCUT2D eigenvalue weighted by atomic mass is 10.0. The molecule has 2 N–H and O–H groups in total. The van der Waals surface area contributed by atoms with Gasteiger partial charge in [-0.05, 0) is 48.2 Å². The van der Waals surface area contributed by atoms with E-state index >= 15 is 0 Å². The van der Waals surface area contributed by atoms with Gasteiger partial charge in [0.1, 0.15) is 0 Å². The fraction of sp³-hybridized carbons (Fsp3) is 0.235. The fourth-order valence-corrected chi connectivity index (χ4v) is 3.13. The van der Waals surface area contributed by atoms with Crippen LogP contribution >= 0.6 is 15.9 Å². The smallest absolute Gasteiger partial charge is 0.307 e. The molecule has 2 rings (SSSR count). The van der Waals surface area contributed by atoms with Gasteiger partial charge in [-0.3, -0.25) is 4.79 Å². The lowest BCUT2D eigenvalue weighted by molar-refractivity contribution is -0.136. The Bertz CT molecular complexity index is 645. The highest BCUT2D eigenvalue weighted by molar-refractivity contribution is 9.10. The molecule has 0 aliphatic rings. The maximum absolute atomic E-state index is 10.9. The van der Waals surface area contributed by atoms with Gasteiger partial charge < -0.3 is 10.4 Å². The van der Waals surface area contributed by atoms with Crippen molar-refractivity contribution in [3.8, 4) is 0 Å². The molecule has 110 valence electrons. The molecule has 0 bridgehead atoms. The number of halogens is 1. The molecule has 0 aliphatic carbocycles. The number of aryl methyl sites for hydroxylation is 2. The van der Waals surface area contributed by atoms with Gasteiger partial charge in [0, 0.05) is 16.7 Å². The first kappa shape index (κ1) is 15.6. The number of carboxylic acids is 1. The van der Waals surface area contributed by atoms with E-state index < -0.39 is 5.97 Å². The molecule has 0 atom stereocenters. The van der Waals surface area contributed by atoms with E-state index in [1.807, 2.05) is 24.3 Å². The standard InChI is InChI=1S/C17H18BrNO2/c1-11-7-15(18)8-12(2)17(11)19-10-14-6-4-3-5-13(14)9-16(20)21/h3-8,19H,9-10H2,1-2H3,(H,20,21). The van der Waals surface area contributed by atoms with Gasteiger partial charge in [0.2, 0.25) is 0 Å². The quantitative estimate of drug-likeness (QED) is 0.847. The lowest BCUT2D eigenvalue weighted by Gasteiger charge is -2.15. The third-order valence-corrected chi connectivity index (χ3v) is 3.87. The number of benzene rings is 2. The van der Waals surface area contributed by atoms with Crippen molar-refractivity contribution in [3.05, 3.63) is 63.1 Å². The van der Waals surface area contributed by atoms with Crippen molar-refractivity contribution in [2.24, 2.45) is 0 Å². The summed E-state index contributed by atoms with van der Waals surface area (Å²) in [7, 11) is 0. The minimum absolute atomic E-state index is 0.0517. The second kappa shape index (κ2) is 6.76. The Labute approximate surface area is 133 Å². The highest BCUT2D eigenvalue weighted by Gasteiger charge is 2.08. The molecule has 0 radical (unpaired) electrons. The van der Waals surface area contributed by atoms with Crippen LogP contribution in [0.15, 0.2) is 40.9 Å². The Morgan fingerprint density at radius 2 is 1.71 bits per heavy atom. The minimum atomic E-state index is -0.807. The number of hydrogen-bond donors (Lipinski definition) is 2. The zero-order valence-corrected chi connectivity index (χ0v) is 13.7. The number of carboxylic acid groups (broad SMARTS) is 1. The average Bonchev–Trinajstić information content (AvgIpc) is 2.38. The van der Waals surface area contributed by atoms with Gasteiger partial charge in [-0.15, -0.1) is 0 Å². The summed E-state index contributed by atoms with van der Waals surface area (Å²) < 4.78 is 1.06. The molecule has 21 heavy (non-hydrogen) atoms. The Morgan fingerprint density at radius 3 is 2.29 bits per heavy atom.